The van der Waals surface area contributed by atoms with Crippen LogP contribution >= 0.6 is 11.6 Å². The lowest BCUT2D eigenvalue weighted by atomic mass is 9.82. The van der Waals surface area contributed by atoms with Gasteiger partial charge < -0.3 is 14.7 Å². The number of likely N-dealkylation sites (tertiary alicyclic amines) is 1. The Kier molecular flexibility index (Phi) is 4.96. The van der Waals surface area contributed by atoms with Crippen LogP contribution in [0.1, 0.15) is 25.3 Å². The van der Waals surface area contributed by atoms with Crippen molar-refractivity contribution in [3.8, 4) is 5.75 Å². The zero-order chi connectivity index (χ0) is 16.3. The normalized spacial score (nSPS) is 21.5. The summed E-state index contributed by atoms with van der Waals surface area (Å²) in [6, 6.07) is 5.23. The first-order chi connectivity index (χ1) is 10.4. The Labute approximate surface area is 134 Å². The highest BCUT2D eigenvalue weighted by Crippen LogP contribution is 2.31. The molecule has 0 bridgehead atoms. The molecule has 5 nitrogen and oxygen atoms in total. The van der Waals surface area contributed by atoms with E-state index in [1.165, 1.54) is 7.11 Å². The molecule has 1 unspecified atom stereocenters. The molecule has 1 saturated heterocycles. The van der Waals surface area contributed by atoms with Gasteiger partial charge in [-0.2, -0.15) is 0 Å². The van der Waals surface area contributed by atoms with E-state index in [4.69, 9.17) is 16.3 Å². The number of carbonyl (C=O) groups excluding carboxylic acids is 1. The minimum absolute atomic E-state index is 0.110. The van der Waals surface area contributed by atoms with Gasteiger partial charge in [-0.3, -0.25) is 9.59 Å². The molecule has 1 atom stereocenters. The monoisotopic (exact) mass is 325 g/mol. The summed E-state index contributed by atoms with van der Waals surface area (Å²) in [5, 5.41) is 9.81. The fraction of sp³-hybridized carbons (Fsp3) is 0.500. The van der Waals surface area contributed by atoms with Gasteiger partial charge >= 0.3 is 5.97 Å². The predicted molar refractivity (Wildman–Crippen MR) is 83.3 cm³/mol. The predicted octanol–water partition coefficient (Wildman–Crippen LogP) is 2.60. The van der Waals surface area contributed by atoms with Crippen molar-refractivity contribution >= 4 is 23.5 Å². The molecule has 1 aliphatic rings. The summed E-state index contributed by atoms with van der Waals surface area (Å²) in [6.45, 7) is 2.49. The van der Waals surface area contributed by atoms with Gasteiger partial charge in [-0.05, 0) is 31.9 Å². The van der Waals surface area contributed by atoms with Gasteiger partial charge in [0.05, 0.1) is 18.9 Å². The molecule has 120 valence electrons. The van der Waals surface area contributed by atoms with Crippen LogP contribution in [0.25, 0.3) is 0 Å². The minimum atomic E-state index is -0.877. The van der Waals surface area contributed by atoms with Crippen LogP contribution < -0.4 is 4.74 Å². The van der Waals surface area contributed by atoms with E-state index < -0.39 is 11.4 Å². The van der Waals surface area contributed by atoms with Crippen LogP contribution in [0, 0.1) is 5.41 Å². The number of ether oxygens (including phenoxy) is 1. The van der Waals surface area contributed by atoms with Gasteiger partial charge in [0.25, 0.3) is 0 Å². The summed E-state index contributed by atoms with van der Waals surface area (Å²) >= 11 is 6.15. The van der Waals surface area contributed by atoms with Gasteiger partial charge in [0.15, 0.2) is 0 Å². The van der Waals surface area contributed by atoms with Crippen molar-refractivity contribution in [1.82, 2.24) is 4.90 Å². The summed E-state index contributed by atoms with van der Waals surface area (Å²) < 4.78 is 5.24. The third kappa shape index (κ3) is 3.35. The Bertz CT molecular complexity index is 590. The fourth-order valence-corrected chi connectivity index (χ4v) is 3.02. The average molecular weight is 326 g/mol. The molecule has 6 heteroatoms. The largest absolute Gasteiger partial charge is 0.496 e. The van der Waals surface area contributed by atoms with Crippen LogP contribution in [0.4, 0.5) is 0 Å². The summed E-state index contributed by atoms with van der Waals surface area (Å²) in [5.41, 5.74) is -0.238. The molecule has 1 aromatic rings. The molecule has 1 amide bonds. The van der Waals surface area contributed by atoms with Crippen molar-refractivity contribution in [2.75, 3.05) is 20.2 Å². The highest BCUT2D eigenvalue weighted by Gasteiger charge is 2.39. The fourth-order valence-electron chi connectivity index (χ4n) is 2.79. The van der Waals surface area contributed by atoms with Crippen LogP contribution in [-0.4, -0.2) is 42.1 Å². The highest BCUT2D eigenvalue weighted by molar-refractivity contribution is 6.31. The third-order valence-electron chi connectivity index (χ3n) is 4.19. The smallest absolute Gasteiger partial charge is 0.311 e. The molecule has 1 fully saturated rings. The molecule has 1 aromatic carbocycles. The van der Waals surface area contributed by atoms with E-state index in [-0.39, 0.29) is 18.9 Å². The number of aliphatic carboxylic acids is 1. The molecule has 2 rings (SSSR count). The lowest BCUT2D eigenvalue weighted by Crippen LogP contribution is -2.48. The van der Waals surface area contributed by atoms with Crippen molar-refractivity contribution in [3.63, 3.8) is 0 Å². The van der Waals surface area contributed by atoms with E-state index in [9.17, 15) is 14.7 Å². The lowest BCUT2D eigenvalue weighted by molar-refractivity contribution is -0.153. The molecule has 0 aliphatic carbocycles. The number of carboxylic acid groups (broad SMARTS) is 1. The van der Waals surface area contributed by atoms with Crippen LogP contribution in [0.5, 0.6) is 5.75 Å². The van der Waals surface area contributed by atoms with Crippen molar-refractivity contribution in [3.05, 3.63) is 28.8 Å². The quantitative estimate of drug-likeness (QED) is 0.924. The topological polar surface area (TPSA) is 66.8 Å². The molecule has 0 radical (unpaired) electrons. The first-order valence-electron chi connectivity index (χ1n) is 7.20. The molecular weight excluding hydrogens is 306 g/mol. The van der Waals surface area contributed by atoms with E-state index in [0.29, 0.717) is 35.7 Å². The number of nitrogens with zero attached hydrogens (tertiary/aromatic N) is 1. The number of rotatable bonds is 4. The number of hydrogen-bond acceptors (Lipinski definition) is 3. The van der Waals surface area contributed by atoms with Crippen LogP contribution in [0.2, 0.25) is 5.02 Å². The SMILES string of the molecule is COc1cccc(Cl)c1CC(=O)N1CCCC(C)(C(=O)O)C1. The molecule has 22 heavy (non-hydrogen) atoms. The molecule has 1 N–H and O–H groups in total. The number of hydrogen-bond donors (Lipinski definition) is 1. The molecule has 1 aliphatic heterocycles. The Morgan fingerprint density at radius 3 is 2.82 bits per heavy atom. The number of benzene rings is 1. The molecule has 0 spiro atoms. The second-order valence-corrected chi connectivity index (χ2v) is 6.29. The van der Waals surface area contributed by atoms with Crippen LogP contribution in [0.15, 0.2) is 18.2 Å². The highest BCUT2D eigenvalue weighted by atomic mass is 35.5. The second-order valence-electron chi connectivity index (χ2n) is 5.88. The van der Waals surface area contributed by atoms with Crippen LogP contribution in [-0.2, 0) is 16.0 Å². The maximum atomic E-state index is 12.5. The molecule has 1 heterocycles. The van der Waals surface area contributed by atoms with Crippen molar-refractivity contribution in [2.24, 2.45) is 5.41 Å². The Morgan fingerprint density at radius 2 is 2.18 bits per heavy atom. The van der Waals surface area contributed by atoms with Gasteiger partial charge in [-0.1, -0.05) is 17.7 Å². The number of carboxylic acids is 1. The van der Waals surface area contributed by atoms with Gasteiger partial charge in [-0.25, -0.2) is 0 Å². The first-order valence-corrected chi connectivity index (χ1v) is 7.58. The maximum Gasteiger partial charge on any atom is 0.311 e. The van der Waals surface area contributed by atoms with Crippen molar-refractivity contribution in [1.29, 1.82) is 0 Å². The molecule has 0 saturated carbocycles. The number of carbonyl (C=O) groups is 2. The average Bonchev–Trinajstić information content (AvgIpc) is 2.49. The molecule has 0 aromatic heterocycles. The second kappa shape index (κ2) is 6.57. The number of halogens is 1. The van der Waals surface area contributed by atoms with Gasteiger partial charge in [0, 0.05) is 23.7 Å². The number of piperidine rings is 1. The van der Waals surface area contributed by atoms with E-state index in [0.717, 1.165) is 0 Å². The Hall–Kier alpha value is -1.75. The van der Waals surface area contributed by atoms with Crippen molar-refractivity contribution < 1.29 is 19.4 Å². The maximum absolute atomic E-state index is 12.5. The van der Waals surface area contributed by atoms with Gasteiger partial charge in [0.2, 0.25) is 5.91 Å². The summed E-state index contributed by atoms with van der Waals surface area (Å²) in [5.74, 6) is -0.419. The third-order valence-corrected chi connectivity index (χ3v) is 4.54. The van der Waals surface area contributed by atoms with E-state index >= 15 is 0 Å². The Morgan fingerprint density at radius 1 is 1.45 bits per heavy atom. The van der Waals surface area contributed by atoms with Gasteiger partial charge in [-0.15, -0.1) is 0 Å². The zero-order valence-electron chi connectivity index (χ0n) is 12.8. The lowest BCUT2D eigenvalue weighted by Gasteiger charge is -2.37. The first kappa shape index (κ1) is 16.6. The molecular formula is C16H20ClNO4. The summed E-state index contributed by atoms with van der Waals surface area (Å²) in [6.07, 6.45) is 1.38. The van der Waals surface area contributed by atoms with Gasteiger partial charge in [0.1, 0.15) is 5.75 Å². The number of amides is 1. The zero-order valence-corrected chi connectivity index (χ0v) is 13.5. The van der Waals surface area contributed by atoms with Crippen LogP contribution in [0.3, 0.4) is 0 Å². The van der Waals surface area contributed by atoms with E-state index in [1.807, 2.05) is 0 Å². The summed E-state index contributed by atoms with van der Waals surface area (Å²) in [7, 11) is 1.53. The van der Waals surface area contributed by atoms with E-state index in [2.05, 4.69) is 0 Å². The Balaban J connectivity index is 2.15. The minimum Gasteiger partial charge on any atom is -0.496 e. The standard InChI is InChI=1S/C16H20ClNO4/c1-16(15(20)21)7-4-8-18(10-16)14(19)9-11-12(17)5-3-6-13(11)22-2/h3,5-6H,4,7-10H2,1-2H3,(H,20,21). The summed E-state index contributed by atoms with van der Waals surface area (Å²) in [4.78, 5) is 25.5. The van der Waals surface area contributed by atoms with E-state index in [1.54, 1.807) is 30.0 Å². The van der Waals surface area contributed by atoms with Crippen molar-refractivity contribution in [2.45, 2.75) is 26.2 Å². The number of methoxy groups -OCH3 is 1.